The Morgan fingerprint density at radius 3 is 2.45 bits per heavy atom. The summed E-state index contributed by atoms with van der Waals surface area (Å²) in [5, 5.41) is 5.55. The molecule has 172 valence electrons. The van der Waals surface area contributed by atoms with Gasteiger partial charge in [0.25, 0.3) is 0 Å². The molecule has 33 heavy (non-hydrogen) atoms. The van der Waals surface area contributed by atoms with Crippen molar-refractivity contribution < 1.29 is 0 Å². The lowest BCUT2D eigenvalue weighted by Crippen LogP contribution is -2.44. The lowest BCUT2D eigenvalue weighted by Gasteiger charge is -2.35. The van der Waals surface area contributed by atoms with Gasteiger partial charge in [0, 0.05) is 75.5 Å². The fourth-order valence-electron chi connectivity index (χ4n) is 4.50. The predicted molar refractivity (Wildman–Crippen MR) is 137 cm³/mol. The van der Waals surface area contributed by atoms with E-state index in [4.69, 9.17) is 9.97 Å². The van der Waals surface area contributed by atoms with Gasteiger partial charge in [0.15, 0.2) is 0 Å². The fraction of sp³-hybridized carbons (Fsp3) is 0.400. The molecule has 0 bridgehead atoms. The number of piperazine rings is 1. The van der Waals surface area contributed by atoms with E-state index in [1.807, 2.05) is 12.4 Å². The molecule has 4 heterocycles. The molecule has 4 aromatic rings. The second kappa shape index (κ2) is 8.51. The molecule has 8 heteroatoms. The Balaban J connectivity index is 1.49. The van der Waals surface area contributed by atoms with Crippen molar-refractivity contribution in [1.29, 1.82) is 0 Å². The standard InChI is InChI=1S/C25H32N8/c1-17(2)33-9-8-18-6-7-19-15-27-25(29-23(19)24(18)33)28-22-14-20(30(3)4)21(16-26-22)32-12-10-31(5)11-13-32/h6-9,14-17H,10-13H2,1-5H3,(H,26,27,28,29). The molecule has 0 atom stereocenters. The van der Waals surface area contributed by atoms with Crippen LogP contribution in [0.4, 0.5) is 23.1 Å². The number of nitrogens with zero attached hydrogens (tertiary/aromatic N) is 7. The van der Waals surface area contributed by atoms with Crippen molar-refractivity contribution in [3.05, 3.63) is 42.9 Å². The molecule has 3 aromatic heterocycles. The maximum Gasteiger partial charge on any atom is 0.228 e. The Morgan fingerprint density at radius 1 is 0.970 bits per heavy atom. The number of aromatic nitrogens is 4. The molecule has 1 aliphatic heterocycles. The van der Waals surface area contributed by atoms with E-state index in [2.05, 4.69) is 95.0 Å². The van der Waals surface area contributed by atoms with Gasteiger partial charge in [0.05, 0.1) is 23.1 Å². The van der Waals surface area contributed by atoms with Gasteiger partial charge >= 0.3 is 0 Å². The van der Waals surface area contributed by atoms with Crippen LogP contribution in [0.2, 0.25) is 0 Å². The van der Waals surface area contributed by atoms with Crippen LogP contribution < -0.4 is 15.1 Å². The number of nitrogens with one attached hydrogen (secondary N) is 1. The van der Waals surface area contributed by atoms with E-state index in [-0.39, 0.29) is 0 Å². The number of anilines is 4. The summed E-state index contributed by atoms with van der Waals surface area (Å²) in [4.78, 5) is 21.1. The maximum absolute atomic E-state index is 4.90. The minimum Gasteiger partial charge on any atom is -0.376 e. The Bertz CT molecular complexity index is 1280. The summed E-state index contributed by atoms with van der Waals surface area (Å²) in [6.07, 6.45) is 5.98. The molecule has 0 spiro atoms. The second-order valence-corrected chi connectivity index (χ2v) is 9.32. The van der Waals surface area contributed by atoms with Crippen LogP contribution in [-0.4, -0.2) is 71.7 Å². The van der Waals surface area contributed by atoms with Crippen LogP contribution in [-0.2, 0) is 0 Å². The number of fused-ring (bicyclic) bond motifs is 3. The maximum atomic E-state index is 4.90. The van der Waals surface area contributed by atoms with Crippen LogP contribution in [0.3, 0.4) is 0 Å². The van der Waals surface area contributed by atoms with Crippen molar-refractivity contribution in [3.63, 3.8) is 0 Å². The molecular formula is C25H32N8. The van der Waals surface area contributed by atoms with Gasteiger partial charge in [-0.25, -0.2) is 15.0 Å². The first-order valence-corrected chi connectivity index (χ1v) is 11.5. The van der Waals surface area contributed by atoms with Crippen LogP contribution >= 0.6 is 0 Å². The highest BCUT2D eigenvalue weighted by molar-refractivity contribution is 6.03. The van der Waals surface area contributed by atoms with E-state index >= 15 is 0 Å². The van der Waals surface area contributed by atoms with Crippen molar-refractivity contribution >= 4 is 44.9 Å². The molecule has 0 aliphatic carbocycles. The Morgan fingerprint density at radius 2 is 1.73 bits per heavy atom. The fourth-order valence-corrected chi connectivity index (χ4v) is 4.50. The van der Waals surface area contributed by atoms with Crippen LogP contribution in [0.5, 0.6) is 0 Å². The highest BCUT2D eigenvalue weighted by Crippen LogP contribution is 2.32. The molecule has 0 saturated carbocycles. The molecule has 8 nitrogen and oxygen atoms in total. The van der Waals surface area contributed by atoms with Gasteiger partial charge in [-0.2, -0.15) is 0 Å². The number of hydrogen-bond donors (Lipinski definition) is 1. The number of hydrogen-bond acceptors (Lipinski definition) is 7. The Hall–Kier alpha value is -3.39. The summed E-state index contributed by atoms with van der Waals surface area (Å²) in [5.74, 6) is 1.29. The molecule has 1 aliphatic rings. The third kappa shape index (κ3) is 4.06. The number of pyridine rings is 1. The first-order chi connectivity index (χ1) is 15.9. The van der Waals surface area contributed by atoms with Crippen LogP contribution in [0.15, 0.2) is 42.9 Å². The highest BCUT2D eigenvalue weighted by Gasteiger charge is 2.19. The van der Waals surface area contributed by atoms with E-state index in [9.17, 15) is 0 Å². The summed E-state index contributed by atoms with van der Waals surface area (Å²) in [7, 11) is 6.31. The van der Waals surface area contributed by atoms with Crippen molar-refractivity contribution in [1.82, 2.24) is 24.4 Å². The lowest BCUT2D eigenvalue weighted by molar-refractivity contribution is 0.313. The number of benzene rings is 1. The van der Waals surface area contributed by atoms with Crippen LogP contribution in [0.25, 0.3) is 21.8 Å². The first kappa shape index (κ1) is 21.5. The molecule has 1 fully saturated rings. The summed E-state index contributed by atoms with van der Waals surface area (Å²) < 4.78 is 2.27. The summed E-state index contributed by atoms with van der Waals surface area (Å²) in [6.45, 7) is 8.51. The zero-order valence-corrected chi connectivity index (χ0v) is 20.1. The third-order valence-corrected chi connectivity index (χ3v) is 6.41. The van der Waals surface area contributed by atoms with Gasteiger partial charge < -0.3 is 24.6 Å². The number of likely N-dealkylation sites (N-methyl/N-ethyl adjacent to an activating group) is 1. The molecular weight excluding hydrogens is 412 g/mol. The van der Waals surface area contributed by atoms with E-state index in [1.54, 1.807) is 0 Å². The largest absolute Gasteiger partial charge is 0.376 e. The van der Waals surface area contributed by atoms with Gasteiger partial charge in [-0.1, -0.05) is 12.1 Å². The van der Waals surface area contributed by atoms with Gasteiger partial charge in [0.1, 0.15) is 11.3 Å². The summed E-state index contributed by atoms with van der Waals surface area (Å²) >= 11 is 0. The normalized spacial score (nSPS) is 15.0. The summed E-state index contributed by atoms with van der Waals surface area (Å²) in [6, 6.07) is 8.80. The van der Waals surface area contributed by atoms with Crippen molar-refractivity contribution in [2.45, 2.75) is 19.9 Å². The summed E-state index contributed by atoms with van der Waals surface area (Å²) in [5.41, 5.74) is 4.38. The van der Waals surface area contributed by atoms with Gasteiger partial charge in [-0.15, -0.1) is 0 Å². The minimum atomic E-state index is 0.353. The van der Waals surface area contributed by atoms with Crippen molar-refractivity contribution in [2.24, 2.45) is 0 Å². The monoisotopic (exact) mass is 444 g/mol. The van der Waals surface area contributed by atoms with E-state index in [0.29, 0.717) is 12.0 Å². The molecule has 0 radical (unpaired) electrons. The molecule has 1 N–H and O–H groups in total. The second-order valence-electron chi connectivity index (χ2n) is 9.32. The van der Waals surface area contributed by atoms with Crippen molar-refractivity contribution in [3.8, 4) is 0 Å². The average Bonchev–Trinajstić information content (AvgIpc) is 3.25. The molecule has 5 rings (SSSR count). The Labute approximate surface area is 194 Å². The average molecular weight is 445 g/mol. The zero-order valence-electron chi connectivity index (χ0n) is 20.1. The first-order valence-electron chi connectivity index (χ1n) is 11.5. The lowest BCUT2D eigenvalue weighted by atomic mass is 10.2. The minimum absolute atomic E-state index is 0.353. The topological polar surface area (TPSA) is 65.4 Å². The van der Waals surface area contributed by atoms with Gasteiger partial charge in [-0.05, 0) is 27.0 Å². The molecule has 1 saturated heterocycles. The van der Waals surface area contributed by atoms with E-state index < -0.39 is 0 Å². The van der Waals surface area contributed by atoms with Gasteiger partial charge in [0.2, 0.25) is 5.95 Å². The van der Waals surface area contributed by atoms with Crippen molar-refractivity contribution in [2.75, 3.05) is 62.4 Å². The zero-order chi connectivity index (χ0) is 23.1. The SMILES string of the molecule is CC(C)n1ccc2ccc3cnc(Nc4cc(N(C)C)c(N5CCN(C)CC5)cn4)nc3c21. The highest BCUT2D eigenvalue weighted by atomic mass is 15.3. The molecule has 1 aromatic carbocycles. The third-order valence-electron chi connectivity index (χ3n) is 6.41. The van der Waals surface area contributed by atoms with Gasteiger partial charge in [-0.3, -0.25) is 0 Å². The predicted octanol–water partition coefficient (Wildman–Crippen LogP) is 4.12. The quantitative estimate of drug-likeness (QED) is 0.497. The van der Waals surface area contributed by atoms with E-state index in [1.165, 1.54) is 5.39 Å². The molecule has 0 amide bonds. The smallest absolute Gasteiger partial charge is 0.228 e. The van der Waals surface area contributed by atoms with Crippen LogP contribution in [0.1, 0.15) is 19.9 Å². The Kier molecular flexibility index (Phi) is 5.54. The van der Waals surface area contributed by atoms with Crippen LogP contribution in [0, 0.1) is 0 Å². The molecule has 0 unspecified atom stereocenters. The van der Waals surface area contributed by atoms with E-state index in [0.717, 1.165) is 59.8 Å². The number of rotatable bonds is 5.